The van der Waals surface area contributed by atoms with Crippen LogP contribution in [-0.4, -0.2) is 51.0 Å². The average molecular weight is 449 g/mol. The molecule has 0 aromatic heterocycles. The number of thioether (sulfide) groups is 2. The number of hydrogen-bond acceptors (Lipinski definition) is 3. The molecule has 136 valence electrons. The van der Waals surface area contributed by atoms with Crippen LogP contribution in [0.4, 0.5) is 4.79 Å². The van der Waals surface area contributed by atoms with E-state index in [9.17, 15) is 4.79 Å². The predicted octanol–water partition coefficient (Wildman–Crippen LogP) is 6.40. The number of carbonyl (C=O) groups excluding carboxylic acids is 1. The molecule has 0 N–H and O–H groups in total. The fraction of sp³-hybridized carbons (Fsp3) is 0.562. The van der Waals surface area contributed by atoms with E-state index in [1.165, 1.54) is 0 Å². The van der Waals surface area contributed by atoms with Crippen molar-refractivity contribution < 1.29 is 4.79 Å². The third-order valence-corrected chi connectivity index (χ3v) is 6.77. The molecule has 1 rings (SSSR count). The van der Waals surface area contributed by atoms with E-state index in [-0.39, 0.29) is 17.0 Å². The molecule has 0 radical (unpaired) electrons. The lowest BCUT2D eigenvalue weighted by molar-refractivity contribution is 0.213. The van der Waals surface area contributed by atoms with E-state index in [1.807, 2.05) is 30.5 Å². The van der Waals surface area contributed by atoms with Gasteiger partial charge in [-0.1, -0.05) is 0 Å². The minimum Gasteiger partial charge on any atom is -0.330 e. The average Bonchev–Trinajstić information content (AvgIpc) is 2.54. The summed E-state index contributed by atoms with van der Waals surface area (Å²) >= 11 is 27.3. The number of halogens is 4. The molecule has 0 bridgehead atoms. The molecule has 1 aromatic rings. The fourth-order valence-corrected chi connectivity index (χ4v) is 3.47. The first kappa shape index (κ1) is 22.6. The summed E-state index contributed by atoms with van der Waals surface area (Å²) in [5.41, 5.74) is 0. The number of carbonyl (C=O) groups is 1. The molecule has 2 nitrogen and oxygen atoms in total. The van der Waals surface area contributed by atoms with Crippen LogP contribution in [0, 0.1) is 0 Å². The zero-order valence-corrected chi connectivity index (χ0v) is 18.5. The lowest BCUT2D eigenvalue weighted by Gasteiger charge is -2.33. The predicted molar refractivity (Wildman–Crippen MR) is 111 cm³/mol. The van der Waals surface area contributed by atoms with Crippen molar-refractivity contribution >= 4 is 75.2 Å². The molecule has 0 aliphatic heterocycles. The van der Waals surface area contributed by atoms with Gasteiger partial charge in [0.2, 0.25) is 0 Å². The van der Waals surface area contributed by atoms with E-state index in [0.717, 1.165) is 21.6 Å². The van der Waals surface area contributed by atoms with Crippen LogP contribution in [0.15, 0.2) is 34.1 Å². The normalized spacial score (nSPS) is 16.3. The highest BCUT2D eigenvalue weighted by Crippen LogP contribution is 2.29. The molecule has 1 amide bonds. The highest BCUT2D eigenvalue weighted by atomic mass is 35.5. The SMILES string of the molecule is CSc1ccc(SC(=O)N(CC(C)(Cl)CCl)CC(C)(Cl)CCl)cc1. The maximum atomic E-state index is 12.7. The largest absolute Gasteiger partial charge is 0.330 e. The molecule has 0 spiro atoms. The van der Waals surface area contributed by atoms with Gasteiger partial charge in [-0.15, -0.1) is 58.2 Å². The number of rotatable bonds is 8. The van der Waals surface area contributed by atoms with Gasteiger partial charge in [-0.05, 0) is 56.1 Å². The summed E-state index contributed by atoms with van der Waals surface area (Å²) in [6, 6.07) is 7.82. The second-order valence-electron chi connectivity index (χ2n) is 5.99. The summed E-state index contributed by atoms with van der Waals surface area (Å²) in [4.78, 5) is 14.9. The Morgan fingerprint density at radius 2 is 1.42 bits per heavy atom. The first-order valence-electron chi connectivity index (χ1n) is 7.23. The van der Waals surface area contributed by atoms with Crippen LogP contribution in [0.25, 0.3) is 0 Å². The Hall–Kier alpha value is 0.550. The molecule has 0 fully saturated rings. The molecule has 0 saturated heterocycles. The number of alkyl halides is 4. The summed E-state index contributed by atoms with van der Waals surface area (Å²) in [7, 11) is 0. The van der Waals surface area contributed by atoms with Gasteiger partial charge < -0.3 is 4.90 Å². The molecule has 1 aromatic carbocycles. The Bertz CT molecular complexity index is 519. The number of nitrogens with zero attached hydrogens (tertiary/aromatic N) is 1. The first-order valence-corrected chi connectivity index (χ1v) is 11.1. The number of hydrogen-bond donors (Lipinski definition) is 0. The van der Waals surface area contributed by atoms with Crippen molar-refractivity contribution in [2.24, 2.45) is 0 Å². The van der Waals surface area contributed by atoms with Gasteiger partial charge in [-0.3, -0.25) is 4.79 Å². The zero-order valence-electron chi connectivity index (χ0n) is 13.8. The van der Waals surface area contributed by atoms with Crippen molar-refractivity contribution in [2.75, 3.05) is 31.1 Å². The topological polar surface area (TPSA) is 20.3 Å². The second kappa shape index (κ2) is 10.0. The van der Waals surface area contributed by atoms with Crippen molar-refractivity contribution in [3.63, 3.8) is 0 Å². The Balaban J connectivity index is 2.88. The van der Waals surface area contributed by atoms with Crippen LogP contribution in [0.3, 0.4) is 0 Å². The highest BCUT2D eigenvalue weighted by Gasteiger charge is 2.32. The van der Waals surface area contributed by atoms with Crippen molar-refractivity contribution in [1.82, 2.24) is 4.90 Å². The molecule has 0 heterocycles. The number of amides is 1. The van der Waals surface area contributed by atoms with Crippen LogP contribution < -0.4 is 0 Å². The van der Waals surface area contributed by atoms with Crippen LogP contribution in [0.5, 0.6) is 0 Å². The fourth-order valence-electron chi connectivity index (χ4n) is 1.87. The van der Waals surface area contributed by atoms with Gasteiger partial charge >= 0.3 is 0 Å². The van der Waals surface area contributed by atoms with Crippen molar-refractivity contribution in [3.05, 3.63) is 24.3 Å². The van der Waals surface area contributed by atoms with Gasteiger partial charge in [0.15, 0.2) is 0 Å². The minimum absolute atomic E-state index is 0.124. The molecule has 24 heavy (non-hydrogen) atoms. The van der Waals surface area contributed by atoms with Crippen LogP contribution >= 0.6 is 69.9 Å². The Kier molecular flexibility index (Phi) is 9.44. The van der Waals surface area contributed by atoms with E-state index in [4.69, 9.17) is 46.4 Å². The molecule has 0 saturated carbocycles. The highest BCUT2D eigenvalue weighted by molar-refractivity contribution is 8.13. The van der Waals surface area contributed by atoms with Gasteiger partial charge in [0.25, 0.3) is 5.24 Å². The molecule has 2 atom stereocenters. The summed E-state index contributed by atoms with van der Waals surface area (Å²) in [6.07, 6.45) is 2.01. The first-order chi connectivity index (χ1) is 11.1. The summed E-state index contributed by atoms with van der Waals surface area (Å²) in [5, 5.41) is -0.124. The van der Waals surface area contributed by atoms with Gasteiger partial charge in [0.1, 0.15) is 0 Å². The molecule has 8 heteroatoms. The van der Waals surface area contributed by atoms with Gasteiger partial charge in [0, 0.05) is 34.6 Å². The summed E-state index contributed by atoms with van der Waals surface area (Å²) in [5.74, 6) is 0.455. The molecule has 0 aliphatic rings. The van der Waals surface area contributed by atoms with Crippen LogP contribution in [0.1, 0.15) is 13.8 Å². The van der Waals surface area contributed by atoms with E-state index >= 15 is 0 Å². The quantitative estimate of drug-likeness (QED) is 0.339. The molecule has 0 aliphatic carbocycles. The standard InChI is InChI=1S/C16H21Cl4NOS2/c1-15(19,8-17)10-21(11-16(2,20)9-18)14(22)24-13-6-4-12(23-3)5-7-13/h4-7H,8-11H2,1-3H3. The maximum Gasteiger partial charge on any atom is 0.286 e. The van der Waals surface area contributed by atoms with Crippen molar-refractivity contribution in [3.8, 4) is 0 Å². The molecular weight excluding hydrogens is 428 g/mol. The zero-order chi connectivity index (χ0) is 18.4. The van der Waals surface area contributed by atoms with Gasteiger partial charge in [-0.2, -0.15) is 0 Å². The third kappa shape index (κ3) is 7.84. The lowest BCUT2D eigenvalue weighted by atomic mass is 10.1. The summed E-state index contributed by atoms with van der Waals surface area (Å²) in [6.45, 7) is 4.19. The van der Waals surface area contributed by atoms with Crippen molar-refractivity contribution in [2.45, 2.75) is 33.4 Å². The van der Waals surface area contributed by atoms with Gasteiger partial charge in [0.05, 0.1) is 9.75 Å². The van der Waals surface area contributed by atoms with Crippen molar-refractivity contribution in [1.29, 1.82) is 0 Å². The van der Waals surface area contributed by atoms with E-state index < -0.39 is 9.75 Å². The van der Waals surface area contributed by atoms with Crippen LogP contribution in [0.2, 0.25) is 0 Å². The smallest absolute Gasteiger partial charge is 0.286 e. The minimum atomic E-state index is -0.722. The van der Waals surface area contributed by atoms with Crippen LogP contribution in [-0.2, 0) is 0 Å². The van der Waals surface area contributed by atoms with E-state index in [0.29, 0.717) is 13.1 Å². The Labute approximate surface area is 172 Å². The summed E-state index contributed by atoms with van der Waals surface area (Å²) < 4.78 is 0. The second-order valence-corrected chi connectivity index (χ2v) is 10.3. The monoisotopic (exact) mass is 447 g/mol. The van der Waals surface area contributed by atoms with E-state index in [1.54, 1.807) is 30.5 Å². The maximum absolute atomic E-state index is 12.7. The Morgan fingerprint density at radius 3 is 1.79 bits per heavy atom. The van der Waals surface area contributed by atoms with Gasteiger partial charge in [-0.25, -0.2) is 0 Å². The van der Waals surface area contributed by atoms with E-state index in [2.05, 4.69) is 0 Å². The third-order valence-electron chi connectivity index (χ3n) is 3.12. The number of benzene rings is 1. The Morgan fingerprint density at radius 1 is 1.00 bits per heavy atom. The molecule has 2 unspecified atom stereocenters. The molecular formula is C16H21Cl4NOS2. The lowest BCUT2D eigenvalue weighted by Crippen LogP contribution is -2.46.